The monoisotopic (exact) mass is 231 g/mol. The number of aromatic nitrogens is 1. The molecule has 0 saturated heterocycles. The van der Waals surface area contributed by atoms with Crippen LogP contribution in [-0.2, 0) is 17.8 Å². The molecule has 1 aromatic heterocycles. The van der Waals surface area contributed by atoms with E-state index in [9.17, 15) is 4.79 Å². The first-order valence-corrected chi connectivity index (χ1v) is 5.92. The molecule has 0 aliphatic carbocycles. The third-order valence-corrected chi connectivity index (χ3v) is 3.06. The number of nitrogens with zero attached hydrogens (tertiary/aromatic N) is 1. The molecule has 0 bridgehead atoms. The van der Waals surface area contributed by atoms with Crippen LogP contribution >= 0.6 is 0 Å². The summed E-state index contributed by atoms with van der Waals surface area (Å²) in [6.45, 7) is 5.04. The number of carboxylic acids is 1. The molecule has 0 aliphatic heterocycles. The van der Waals surface area contributed by atoms with Crippen LogP contribution in [-0.4, -0.2) is 15.6 Å². The fourth-order valence-electron chi connectivity index (χ4n) is 2.24. The zero-order valence-corrected chi connectivity index (χ0v) is 10.2. The Hall–Kier alpha value is -1.77. The second-order valence-electron chi connectivity index (χ2n) is 4.34. The van der Waals surface area contributed by atoms with Gasteiger partial charge < -0.3 is 9.67 Å². The molecular formula is C14H17NO2. The van der Waals surface area contributed by atoms with E-state index in [-0.39, 0.29) is 6.42 Å². The zero-order chi connectivity index (χ0) is 12.4. The largest absolute Gasteiger partial charge is 0.481 e. The number of hydrogen-bond donors (Lipinski definition) is 1. The van der Waals surface area contributed by atoms with Crippen molar-refractivity contribution in [2.45, 2.75) is 33.2 Å². The number of benzene rings is 1. The van der Waals surface area contributed by atoms with Crippen LogP contribution in [0.25, 0.3) is 10.9 Å². The van der Waals surface area contributed by atoms with E-state index in [2.05, 4.69) is 42.7 Å². The first-order chi connectivity index (χ1) is 8.11. The van der Waals surface area contributed by atoms with Crippen LogP contribution in [0.4, 0.5) is 0 Å². The van der Waals surface area contributed by atoms with Gasteiger partial charge in [-0.2, -0.15) is 0 Å². The quantitative estimate of drug-likeness (QED) is 0.879. The lowest BCUT2D eigenvalue weighted by Gasteiger charge is -2.07. The molecule has 0 saturated carbocycles. The van der Waals surface area contributed by atoms with Crippen LogP contribution < -0.4 is 0 Å². The molecule has 0 aliphatic rings. The number of carbonyl (C=O) groups is 1. The van der Waals surface area contributed by atoms with Crippen LogP contribution in [0.5, 0.6) is 0 Å². The van der Waals surface area contributed by atoms with Crippen molar-refractivity contribution in [3.8, 4) is 0 Å². The Morgan fingerprint density at radius 1 is 1.35 bits per heavy atom. The summed E-state index contributed by atoms with van der Waals surface area (Å²) in [7, 11) is 0. The lowest BCUT2D eigenvalue weighted by Crippen LogP contribution is -2.04. The summed E-state index contributed by atoms with van der Waals surface area (Å²) < 4.78 is 2.20. The second-order valence-corrected chi connectivity index (χ2v) is 4.34. The summed E-state index contributed by atoms with van der Waals surface area (Å²) in [5.41, 5.74) is 3.54. The maximum Gasteiger partial charge on any atom is 0.303 e. The molecule has 0 atom stereocenters. The Balaban J connectivity index is 2.45. The predicted molar refractivity (Wildman–Crippen MR) is 68.3 cm³/mol. The van der Waals surface area contributed by atoms with Gasteiger partial charge in [0.25, 0.3) is 0 Å². The van der Waals surface area contributed by atoms with Gasteiger partial charge >= 0.3 is 5.97 Å². The molecule has 0 unspecified atom stereocenters. The lowest BCUT2D eigenvalue weighted by molar-refractivity contribution is -0.136. The molecule has 0 spiro atoms. The zero-order valence-electron chi connectivity index (χ0n) is 10.2. The minimum Gasteiger partial charge on any atom is -0.481 e. The highest BCUT2D eigenvalue weighted by Gasteiger charge is 2.09. The topological polar surface area (TPSA) is 42.2 Å². The van der Waals surface area contributed by atoms with Crippen LogP contribution in [0.3, 0.4) is 0 Å². The fraction of sp³-hybridized carbons (Fsp3) is 0.357. The highest BCUT2D eigenvalue weighted by atomic mass is 16.4. The number of aliphatic carboxylic acids is 1. The van der Waals surface area contributed by atoms with Gasteiger partial charge in [-0.25, -0.2) is 0 Å². The van der Waals surface area contributed by atoms with Crippen molar-refractivity contribution in [1.82, 2.24) is 4.57 Å². The van der Waals surface area contributed by atoms with Crippen molar-refractivity contribution < 1.29 is 9.90 Å². The van der Waals surface area contributed by atoms with Gasteiger partial charge in [-0.15, -0.1) is 0 Å². The molecule has 90 valence electrons. The van der Waals surface area contributed by atoms with Gasteiger partial charge in [0.15, 0.2) is 0 Å². The highest BCUT2D eigenvalue weighted by molar-refractivity contribution is 5.82. The standard InChI is InChI=1S/C14H17NO2/c1-3-15-12(6-7-14(16)17)9-11-5-4-10(2)8-13(11)15/h4-5,8-9H,3,6-7H2,1-2H3,(H,16,17). The van der Waals surface area contributed by atoms with E-state index in [4.69, 9.17) is 5.11 Å². The number of fused-ring (bicyclic) bond motifs is 1. The minimum atomic E-state index is -0.742. The summed E-state index contributed by atoms with van der Waals surface area (Å²) in [4.78, 5) is 10.6. The second kappa shape index (κ2) is 4.62. The van der Waals surface area contributed by atoms with Gasteiger partial charge in [-0.05, 0) is 43.4 Å². The molecular weight excluding hydrogens is 214 g/mol. The van der Waals surface area contributed by atoms with Crippen LogP contribution in [0.1, 0.15) is 24.6 Å². The first kappa shape index (κ1) is 11.7. The van der Waals surface area contributed by atoms with E-state index in [1.807, 2.05) is 0 Å². The van der Waals surface area contributed by atoms with Gasteiger partial charge in [0.2, 0.25) is 0 Å². The van der Waals surface area contributed by atoms with Gasteiger partial charge in [0, 0.05) is 17.8 Å². The first-order valence-electron chi connectivity index (χ1n) is 5.92. The molecule has 0 amide bonds. The summed E-state index contributed by atoms with van der Waals surface area (Å²) in [6, 6.07) is 8.44. The van der Waals surface area contributed by atoms with E-state index in [1.54, 1.807) is 0 Å². The van der Waals surface area contributed by atoms with E-state index in [0.717, 1.165) is 12.2 Å². The van der Waals surface area contributed by atoms with Crippen molar-refractivity contribution in [2.75, 3.05) is 0 Å². The van der Waals surface area contributed by atoms with E-state index >= 15 is 0 Å². The minimum absolute atomic E-state index is 0.190. The van der Waals surface area contributed by atoms with E-state index < -0.39 is 5.97 Å². The fourth-order valence-corrected chi connectivity index (χ4v) is 2.24. The molecule has 0 radical (unpaired) electrons. The Morgan fingerprint density at radius 2 is 2.12 bits per heavy atom. The van der Waals surface area contributed by atoms with Crippen molar-refractivity contribution in [1.29, 1.82) is 0 Å². The molecule has 17 heavy (non-hydrogen) atoms. The van der Waals surface area contributed by atoms with Gasteiger partial charge in [-0.3, -0.25) is 4.79 Å². The van der Waals surface area contributed by atoms with Crippen molar-refractivity contribution in [2.24, 2.45) is 0 Å². The summed E-state index contributed by atoms with van der Waals surface area (Å²) in [6.07, 6.45) is 0.784. The number of rotatable bonds is 4. The SMILES string of the molecule is CCn1c(CCC(=O)O)cc2ccc(C)cc21. The molecule has 2 rings (SSSR count). The maximum atomic E-state index is 10.6. The lowest BCUT2D eigenvalue weighted by atomic mass is 10.2. The summed E-state index contributed by atoms with van der Waals surface area (Å²) in [5.74, 6) is -0.742. The molecule has 3 nitrogen and oxygen atoms in total. The third kappa shape index (κ3) is 2.33. The van der Waals surface area contributed by atoms with Crippen LogP contribution in [0, 0.1) is 6.92 Å². The van der Waals surface area contributed by atoms with Gasteiger partial charge in [0.05, 0.1) is 6.42 Å². The molecule has 1 aromatic carbocycles. The van der Waals surface area contributed by atoms with Crippen molar-refractivity contribution >= 4 is 16.9 Å². The smallest absolute Gasteiger partial charge is 0.303 e. The van der Waals surface area contributed by atoms with Gasteiger partial charge in [0.1, 0.15) is 0 Å². The molecule has 1 heterocycles. The Bertz CT molecular complexity index is 555. The highest BCUT2D eigenvalue weighted by Crippen LogP contribution is 2.22. The predicted octanol–water partition coefficient (Wildman–Crippen LogP) is 2.99. The summed E-state index contributed by atoms with van der Waals surface area (Å²) >= 11 is 0. The number of aryl methyl sites for hydroxylation is 3. The Kier molecular flexibility index (Phi) is 3.18. The van der Waals surface area contributed by atoms with Crippen LogP contribution in [0.15, 0.2) is 24.3 Å². The average molecular weight is 231 g/mol. The number of hydrogen-bond acceptors (Lipinski definition) is 1. The van der Waals surface area contributed by atoms with Gasteiger partial charge in [-0.1, -0.05) is 12.1 Å². The Labute approximate surface area is 101 Å². The normalized spacial score (nSPS) is 10.9. The number of carboxylic acid groups (broad SMARTS) is 1. The van der Waals surface area contributed by atoms with E-state index in [1.165, 1.54) is 16.5 Å². The molecule has 3 heteroatoms. The Morgan fingerprint density at radius 3 is 2.76 bits per heavy atom. The molecule has 2 aromatic rings. The maximum absolute atomic E-state index is 10.6. The molecule has 1 N–H and O–H groups in total. The van der Waals surface area contributed by atoms with Crippen molar-refractivity contribution in [3.05, 3.63) is 35.5 Å². The van der Waals surface area contributed by atoms with Crippen LogP contribution in [0.2, 0.25) is 0 Å². The summed E-state index contributed by atoms with van der Waals surface area (Å²) in [5, 5.41) is 9.94. The third-order valence-electron chi connectivity index (χ3n) is 3.06. The van der Waals surface area contributed by atoms with Crippen molar-refractivity contribution in [3.63, 3.8) is 0 Å². The average Bonchev–Trinajstić information content (AvgIpc) is 2.63. The molecule has 0 fully saturated rings. The van der Waals surface area contributed by atoms with E-state index in [0.29, 0.717) is 6.42 Å².